The van der Waals surface area contributed by atoms with Crippen molar-refractivity contribution in [3.05, 3.63) is 64.1 Å². The van der Waals surface area contributed by atoms with Crippen molar-refractivity contribution in [3.8, 4) is 0 Å². The summed E-state index contributed by atoms with van der Waals surface area (Å²) >= 11 is 0. The monoisotopic (exact) mass is 317 g/mol. The van der Waals surface area contributed by atoms with Gasteiger partial charge in [0.05, 0.1) is 5.52 Å². The van der Waals surface area contributed by atoms with Crippen LogP contribution >= 0.6 is 0 Å². The van der Waals surface area contributed by atoms with Crippen LogP contribution in [0.3, 0.4) is 0 Å². The van der Waals surface area contributed by atoms with Crippen molar-refractivity contribution in [3.63, 3.8) is 0 Å². The first-order valence-electron chi connectivity index (χ1n) is 8.87. The van der Waals surface area contributed by atoms with Gasteiger partial charge in [-0.15, -0.1) is 0 Å². The van der Waals surface area contributed by atoms with Crippen LogP contribution in [-0.2, 0) is 19.5 Å². The van der Waals surface area contributed by atoms with Crippen molar-refractivity contribution >= 4 is 10.9 Å². The predicted octanol–water partition coefficient (Wildman–Crippen LogP) is 3.79. The highest BCUT2D eigenvalue weighted by Crippen LogP contribution is 2.44. The lowest BCUT2D eigenvalue weighted by molar-refractivity contribution is 0.309. The van der Waals surface area contributed by atoms with E-state index in [0.29, 0.717) is 5.92 Å². The first-order chi connectivity index (χ1) is 11.6. The van der Waals surface area contributed by atoms with Gasteiger partial charge in [0.25, 0.3) is 0 Å². The second-order valence-electron chi connectivity index (χ2n) is 7.56. The Labute approximate surface area is 142 Å². The molecule has 1 atom stereocenters. The van der Waals surface area contributed by atoms with E-state index in [0.717, 1.165) is 25.3 Å². The van der Waals surface area contributed by atoms with E-state index in [1.54, 1.807) is 11.3 Å². The summed E-state index contributed by atoms with van der Waals surface area (Å²) < 4.78 is 2.62. The maximum absolute atomic E-state index is 4.38. The fourth-order valence-corrected chi connectivity index (χ4v) is 4.72. The summed E-state index contributed by atoms with van der Waals surface area (Å²) in [4.78, 5) is 6.82. The van der Waals surface area contributed by atoms with Crippen LogP contribution in [0.4, 0.5) is 0 Å². The number of rotatable bonds is 1. The van der Waals surface area contributed by atoms with Crippen molar-refractivity contribution in [2.24, 2.45) is 0 Å². The average molecular weight is 317 g/mol. The number of aromatic nitrogens is 2. The van der Waals surface area contributed by atoms with Crippen molar-refractivity contribution < 1.29 is 0 Å². The van der Waals surface area contributed by atoms with Crippen LogP contribution in [0.25, 0.3) is 10.9 Å². The molecule has 0 saturated heterocycles. The molecule has 3 nitrogen and oxygen atoms in total. The Bertz CT molecular complexity index is 967. The Balaban J connectivity index is 1.75. The Morgan fingerprint density at radius 1 is 1.17 bits per heavy atom. The number of fused-ring (bicyclic) bond motifs is 3. The van der Waals surface area contributed by atoms with Gasteiger partial charge in [-0.2, -0.15) is 0 Å². The zero-order chi connectivity index (χ0) is 16.4. The molecule has 0 amide bonds. The molecule has 0 spiro atoms. The molecule has 0 N–H and O–H groups in total. The quantitative estimate of drug-likeness (QED) is 0.681. The first-order valence-corrected chi connectivity index (χ1v) is 8.87. The Kier molecular flexibility index (Phi) is 2.93. The second kappa shape index (κ2) is 4.93. The van der Waals surface area contributed by atoms with Crippen molar-refractivity contribution in [2.45, 2.75) is 39.3 Å². The van der Waals surface area contributed by atoms with Crippen LogP contribution in [0.2, 0.25) is 0 Å². The molecule has 24 heavy (non-hydrogen) atoms. The highest BCUT2D eigenvalue weighted by molar-refractivity contribution is 5.91. The molecule has 2 aliphatic heterocycles. The van der Waals surface area contributed by atoms with E-state index >= 15 is 0 Å². The van der Waals surface area contributed by atoms with Gasteiger partial charge in [0.15, 0.2) is 0 Å². The zero-order valence-electron chi connectivity index (χ0n) is 14.6. The SMILES string of the molecule is Cc1cc2c3c(c1)c1c(n3CC2c2ccnc(C)c2)CCN(C)C1. The lowest BCUT2D eigenvalue weighted by Gasteiger charge is -2.25. The van der Waals surface area contributed by atoms with Crippen LogP contribution in [0.15, 0.2) is 30.5 Å². The fourth-order valence-electron chi connectivity index (χ4n) is 4.72. The Hall–Kier alpha value is -2.13. The van der Waals surface area contributed by atoms with Gasteiger partial charge in [-0.05, 0) is 55.8 Å². The van der Waals surface area contributed by atoms with Gasteiger partial charge in [-0.1, -0.05) is 11.6 Å². The molecule has 122 valence electrons. The normalized spacial score (nSPS) is 19.9. The molecule has 0 aliphatic carbocycles. The van der Waals surface area contributed by atoms with Crippen LogP contribution < -0.4 is 0 Å². The molecular weight excluding hydrogens is 294 g/mol. The Morgan fingerprint density at radius 3 is 2.88 bits per heavy atom. The van der Waals surface area contributed by atoms with Crippen molar-refractivity contribution in [2.75, 3.05) is 13.6 Å². The molecule has 0 radical (unpaired) electrons. The number of hydrogen-bond donors (Lipinski definition) is 0. The third-order valence-electron chi connectivity index (χ3n) is 5.77. The molecule has 1 aromatic carbocycles. The van der Waals surface area contributed by atoms with Gasteiger partial charge < -0.3 is 9.47 Å². The van der Waals surface area contributed by atoms with Crippen LogP contribution in [0, 0.1) is 13.8 Å². The van der Waals surface area contributed by atoms with E-state index in [1.165, 1.54) is 34.0 Å². The summed E-state index contributed by atoms with van der Waals surface area (Å²) in [6.07, 6.45) is 3.12. The van der Waals surface area contributed by atoms with E-state index in [2.05, 4.69) is 59.6 Å². The van der Waals surface area contributed by atoms with Crippen LogP contribution in [-0.4, -0.2) is 28.0 Å². The van der Waals surface area contributed by atoms with E-state index in [4.69, 9.17) is 0 Å². The van der Waals surface area contributed by atoms with Gasteiger partial charge >= 0.3 is 0 Å². The predicted molar refractivity (Wildman–Crippen MR) is 97.5 cm³/mol. The highest BCUT2D eigenvalue weighted by atomic mass is 15.1. The summed E-state index contributed by atoms with van der Waals surface area (Å²) in [7, 11) is 2.23. The van der Waals surface area contributed by atoms with Gasteiger partial charge in [-0.25, -0.2) is 0 Å². The number of hydrogen-bond acceptors (Lipinski definition) is 2. The number of likely N-dealkylation sites (N-methyl/N-ethyl adjacent to an activating group) is 1. The molecule has 0 saturated carbocycles. The van der Waals surface area contributed by atoms with E-state index in [1.807, 2.05) is 6.20 Å². The standard InChI is InChI=1S/C21H23N3/c1-13-8-16-18(15-4-6-22-14(2)10-15)12-24-20-5-7-23(3)11-19(20)17(9-13)21(16)24/h4,6,8-10,18H,5,7,11-12H2,1-3H3. The van der Waals surface area contributed by atoms with E-state index < -0.39 is 0 Å². The van der Waals surface area contributed by atoms with Gasteiger partial charge in [0.1, 0.15) is 0 Å². The fraction of sp³-hybridized carbons (Fsp3) is 0.381. The zero-order valence-corrected chi connectivity index (χ0v) is 14.6. The molecule has 0 fully saturated rings. The third kappa shape index (κ3) is 1.91. The van der Waals surface area contributed by atoms with Crippen LogP contribution in [0.1, 0.15) is 39.6 Å². The highest BCUT2D eigenvalue weighted by Gasteiger charge is 2.32. The van der Waals surface area contributed by atoms with Crippen molar-refractivity contribution in [1.29, 1.82) is 0 Å². The molecule has 2 aliphatic rings. The molecule has 0 bridgehead atoms. The molecular formula is C21H23N3. The largest absolute Gasteiger partial charge is 0.343 e. The number of pyridine rings is 1. The number of nitrogens with zero attached hydrogens (tertiary/aromatic N) is 3. The summed E-state index contributed by atoms with van der Waals surface area (Å²) in [6, 6.07) is 9.25. The minimum atomic E-state index is 0.467. The maximum Gasteiger partial charge on any atom is 0.0525 e. The third-order valence-corrected chi connectivity index (χ3v) is 5.77. The topological polar surface area (TPSA) is 21.1 Å². The van der Waals surface area contributed by atoms with Gasteiger partial charge in [-0.3, -0.25) is 4.98 Å². The van der Waals surface area contributed by atoms with Gasteiger partial charge in [0, 0.05) is 54.9 Å². The minimum absolute atomic E-state index is 0.467. The minimum Gasteiger partial charge on any atom is -0.343 e. The Morgan fingerprint density at radius 2 is 2.04 bits per heavy atom. The van der Waals surface area contributed by atoms with E-state index in [9.17, 15) is 0 Å². The molecule has 5 rings (SSSR count). The number of aryl methyl sites for hydroxylation is 2. The molecule has 4 heterocycles. The summed E-state index contributed by atoms with van der Waals surface area (Å²) in [5, 5.41) is 1.49. The molecule has 2 aromatic heterocycles. The molecule has 1 unspecified atom stereocenters. The average Bonchev–Trinajstić information content (AvgIpc) is 3.06. The maximum atomic E-state index is 4.38. The summed E-state index contributed by atoms with van der Waals surface area (Å²) in [6.45, 7) is 7.65. The number of benzene rings is 1. The summed E-state index contributed by atoms with van der Waals surface area (Å²) in [5.41, 5.74) is 10.0. The van der Waals surface area contributed by atoms with Crippen molar-refractivity contribution in [1.82, 2.24) is 14.5 Å². The smallest absolute Gasteiger partial charge is 0.0525 e. The van der Waals surface area contributed by atoms with E-state index in [-0.39, 0.29) is 0 Å². The lowest BCUT2D eigenvalue weighted by Crippen LogP contribution is -2.27. The molecule has 3 heteroatoms. The lowest BCUT2D eigenvalue weighted by atomic mass is 9.90. The second-order valence-corrected chi connectivity index (χ2v) is 7.56. The first kappa shape index (κ1) is 14.2. The van der Waals surface area contributed by atoms with Gasteiger partial charge in [0.2, 0.25) is 0 Å². The molecule has 3 aromatic rings. The summed E-state index contributed by atoms with van der Waals surface area (Å²) in [5.74, 6) is 0.467. The van der Waals surface area contributed by atoms with Crippen LogP contribution in [0.5, 0.6) is 0 Å².